The number of esters is 1. The Hall–Kier alpha value is -2.73. The number of hydrogen-bond acceptors (Lipinski definition) is 4. The third-order valence-electron chi connectivity index (χ3n) is 5.09. The smallest absolute Gasteiger partial charge is 0.318 e. The molecular weight excluding hydrogens is 337 g/mol. The van der Waals surface area contributed by atoms with Gasteiger partial charge in [0.2, 0.25) is 5.91 Å². The molecule has 0 bridgehead atoms. The lowest BCUT2D eigenvalue weighted by atomic mass is 9.78. The monoisotopic (exact) mass is 355 g/mol. The van der Waals surface area contributed by atoms with Crippen LogP contribution in [0, 0.1) is 11.7 Å². The van der Waals surface area contributed by atoms with Gasteiger partial charge < -0.3 is 9.47 Å². The number of anilines is 1. The normalized spacial score (nSPS) is 24.6. The van der Waals surface area contributed by atoms with Crippen molar-refractivity contribution in [3.63, 3.8) is 0 Å². The number of amides is 1. The lowest BCUT2D eigenvalue weighted by molar-refractivity contribution is -0.154. The molecule has 2 aliphatic heterocycles. The first-order valence-electron chi connectivity index (χ1n) is 8.46. The Bertz CT molecular complexity index is 851. The zero-order chi connectivity index (χ0) is 18.3. The van der Waals surface area contributed by atoms with Gasteiger partial charge in [-0.05, 0) is 23.8 Å². The molecule has 0 aromatic heterocycles. The van der Waals surface area contributed by atoms with Crippen LogP contribution in [0.4, 0.5) is 10.1 Å². The van der Waals surface area contributed by atoms with Gasteiger partial charge in [-0.25, -0.2) is 4.39 Å². The lowest BCUT2D eigenvalue weighted by Gasteiger charge is -2.45. The number of piperidine rings is 1. The summed E-state index contributed by atoms with van der Waals surface area (Å²) < 4.78 is 24.1. The van der Waals surface area contributed by atoms with E-state index in [0.717, 1.165) is 16.8 Å². The number of para-hydroxylation sites is 1. The topological polar surface area (TPSA) is 55.8 Å². The fraction of sp³-hybridized carbons (Fsp3) is 0.300. The molecular formula is C20H18FNO4. The third-order valence-corrected chi connectivity index (χ3v) is 5.09. The van der Waals surface area contributed by atoms with Crippen molar-refractivity contribution in [2.45, 2.75) is 25.2 Å². The molecule has 5 nitrogen and oxygen atoms in total. The number of fused-ring (bicyclic) bond motifs is 3. The van der Waals surface area contributed by atoms with Crippen molar-refractivity contribution in [2.24, 2.45) is 5.92 Å². The average molecular weight is 355 g/mol. The fourth-order valence-electron chi connectivity index (χ4n) is 3.82. The van der Waals surface area contributed by atoms with Gasteiger partial charge in [-0.15, -0.1) is 0 Å². The summed E-state index contributed by atoms with van der Waals surface area (Å²) in [4.78, 5) is 27.2. The number of benzene rings is 2. The molecule has 1 amide bonds. The molecule has 134 valence electrons. The highest BCUT2D eigenvalue weighted by Gasteiger charge is 2.49. The van der Waals surface area contributed by atoms with Crippen molar-refractivity contribution >= 4 is 17.6 Å². The largest absolute Gasteiger partial charge is 0.468 e. The molecule has 4 rings (SSSR count). The van der Waals surface area contributed by atoms with Gasteiger partial charge in [0.15, 0.2) is 0 Å². The molecule has 2 aromatic rings. The number of nitrogens with zero attached hydrogens (tertiary/aromatic N) is 1. The van der Waals surface area contributed by atoms with Crippen molar-refractivity contribution in [2.75, 3.05) is 12.0 Å². The molecule has 2 aliphatic rings. The second kappa shape index (κ2) is 6.53. The van der Waals surface area contributed by atoms with E-state index in [0.29, 0.717) is 13.0 Å². The van der Waals surface area contributed by atoms with Crippen LogP contribution in [0.3, 0.4) is 0 Å². The van der Waals surface area contributed by atoms with Crippen LogP contribution in [0.15, 0.2) is 48.5 Å². The molecule has 2 aromatic carbocycles. The van der Waals surface area contributed by atoms with Gasteiger partial charge in [-0.1, -0.05) is 30.3 Å². The molecule has 1 fully saturated rings. The highest BCUT2D eigenvalue weighted by Crippen LogP contribution is 2.43. The summed E-state index contributed by atoms with van der Waals surface area (Å²) in [5, 5.41) is 0. The van der Waals surface area contributed by atoms with E-state index in [1.165, 1.54) is 19.2 Å². The number of hydrogen-bond donors (Lipinski definition) is 0. The molecule has 0 N–H and O–H groups in total. The van der Waals surface area contributed by atoms with E-state index in [2.05, 4.69) is 0 Å². The Morgan fingerprint density at radius 1 is 1.19 bits per heavy atom. The third kappa shape index (κ3) is 2.66. The van der Waals surface area contributed by atoms with Crippen LogP contribution >= 0.6 is 0 Å². The van der Waals surface area contributed by atoms with E-state index in [9.17, 15) is 14.0 Å². The van der Waals surface area contributed by atoms with Gasteiger partial charge in [0.05, 0.1) is 19.4 Å². The van der Waals surface area contributed by atoms with E-state index < -0.39 is 24.0 Å². The van der Waals surface area contributed by atoms with E-state index in [4.69, 9.17) is 9.47 Å². The molecule has 6 heteroatoms. The van der Waals surface area contributed by atoms with Gasteiger partial charge in [0, 0.05) is 17.9 Å². The van der Waals surface area contributed by atoms with E-state index in [1.807, 2.05) is 24.3 Å². The Morgan fingerprint density at radius 2 is 1.92 bits per heavy atom. The Labute approximate surface area is 150 Å². The molecule has 0 unspecified atom stereocenters. The zero-order valence-electron chi connectivity index (χ0n) is 14.2. The summed E-state index contributed by atoms with van der Waals surface area (Å²) >= 11 is 0. The van der Waals surface area contributed by atoms with Crippen molar-refractivity contribution in [3.05, 3.63) is 65.5 Å². The van der Waals surface area contributed by atoms with Crippen LogP contribution in [0.25, 0.3) is 0 Å². The molecule has 0 aliphatic carbocycles. The summed E-state index contributed by atoms with van der Waals surface area (Å²) in [7, 11) is 1.27. The highest BCUT2D eigenvalue weighted by atomic mass is 19.1. The molecule has 1 saturated heterocycles. The summed E-state index contributed by atoms with van der Waals surface area (Å²) in [6, 6.07) is 13.4. The SMILES string of the molecule is COC(=O)[C@H]1C(=O)N2c3ccccc3CO[C@H]2C[C@@H]1c1ccc(F)cc1. The van der Waals surface area contributed by atoms with Crippen LogP contribution in [0.5, 0.6) is 0 Å². The second-order valence-corrected chi connectivity index (χ2v) is 6.50. The predicted octanol–water partition coefficient (Wildman–Crippen LogP) is 2.99. The van der Waals surface area contributed by atoms with Gasteiger partial charge >= 0.3 is 5.97 Å². The zero-order valence-corrected chi connectivity index (χ0v) is 14.2. The minimum absolute atomic E-state index is 0.352. The number of halogens is 1. The lowest BCUT2D eigenvalue weighted by Crippen LogP contribution is -2.56. The number of carbonyl (C=O) groups excluding carboxylic acids is 2. The van der Waals surface area contributed by atoms with Gasteiger partial charge in [0.1, 0.15) is 18.0 Å². The Balaban J connectivity index is 1.76. The van der Waals surface area contributed by atoms with Crippen LogP contribution in [-0.4, -0.2) is 25.2 Å². The van der Waals surface area contributed by atoms with E-state index >= 15 is 0 Å². The van der Waals surface area contributed by atoms with Crippen LogP contribution < -0.4 is 4.90 Å². The number of rotatable bonds is 2. The van der Waals surface area contributed by atoms with Crippen molar-refractivity contribution in [1.29, 1.82) is 0 Å². The van der Waals surface area contributed by atoms with Gasteiger partial charge in [0.25, 0.3) is 0 Å². The Kier molecular flexibility index (Phi) is 4.20. The van der Waals surface area contributed by atoms with Crippen molar-refractivity contribution in [3.8, 4) is 0 Å². The molecule has 2 heterocycles. The molecule has 0 saturated carbocycles. The molecule has 26 heavy (non-hydrogen) atoms. The molecule has 0 spiro atoms. The van der Waals surface area contributed by atoms with Gasteiger partial charge in [-0.2, -0.15) is 0 Å². The minimum Gasteiger partial charge on any atom is -0.468 e. The Morgan fingerprint density at radius 3 is 2.65 bits per heavy atom. The highest BCUT2D eigenvalue weighted by molar-refractivity contribution is 6.08. The van der Waals surface area contributed by atoms with Crippen molar-refractivity contribution in [1.82, 2.24) is 0 Å². The first-order valence-corrected chi connectivity index (χ1v) is 8.46. The van der Waals surface area contributed by atoms with E-state index in [1.54, 1.807) is 17.0 Å². The summed E-state index contributed by atoms with van der Waals surface area (Å²) in [6.45, 7) is 0.406. The average Bonchev–Trinajstić information content (AvgIpc) is 2.67. The van der Waals surface area contributed by atoms with Crippen LogP contribution in [0.2, 0.25) is 0 Å². The quantitative estimate of drug-likeness (QED) is 0.614. The summed E-state index contributed by atoms with van der Waals surface area (Å²) in [6.07, 6.45) is -0.0285. The van der Waals surface area contributed by atoms with Crippen LogP contribution in [-0.2, 0) is 25.7 Å². The maximum Gasteiger partial charge on any atom is 0.318 e. The first kappa shape index (κ1) is 16.7. The second-order valence-electron chi connectivity index (χ2n) is 6.50. The molecule has 0 radical (unpaired) electrons. The molecule has 3 atom stereocenters. The minimum atomic E-state index is -0.989. The first-order chi connectivity index (χ1) is 12.6. The number of carbonyl (C=O) groups is 2. The van der Waals surface area contributed by atoms with Crippen molar-refractivity contribution < 1.29 is 23.5 Å². The summed E-state index contributed by atoms with van der Waals surface area (Å²) in [5.74, 6) is -2.73. The summed E-state index contributed by atoms with van der Waals surface area (Å²) in [5.41, 5.74) is 2.39. The van der Waals surface area contributed by atoms with E-state index in [-0.39, 0.29) is 11.7 Å². The maximum absolute atomic E-state index is 13.3. The fourth-order valence-corrected chi connectivity index (χ4v) is 3.82. The van der Waals surface area contributed by atoms with Gasteiger partial charge in [-0.3, -0.25) is 14.5 Å². The van der Waals surface area contributed by atoms with Crippen LogP contribution in [0.1, 0.15) is 23.5 Å². The number of ether oxygens (including phenoxy) is 2. The predicted molar refractivity (Wildman–Crippen MR) is 91.8 cm³/mol. The standard InChI is InChI=1S/C20H18FNO4/c1-25-20(24)18-15(12-6-8-14(21)9-7-12)10-17-22(19(18)23)16-5-3-2-4-13(16)11-26-17/h2-9,15,17-18H,10-11H2,1H3/t15-,17+,18-/m1/s1. The maximum atomic E-state index is 13.3. The number of methoxy groups -OCH3 is 1.